The lowest BCUT2D eigenvalue weighted by Crippen LogP contribution is -2.43. The molecule has 1 aromatic carbocycles. The van der Waals surface area contributed by atoms with Crippen LogP contribution in [0.15, 0.2) is 28.8 Å². The van der Waals surface area contributed by atoms with Gasteiger partial charge in [0.1, 0.15) is 11.5 Å². The molecule has 1 aromatic heterocycles. The zero-order chi connectivity index (χ0) is 20.3. The summed E-state index contributed by atoms with van der Waals surface area (Å²) in [5.74, 6) is 0.920. The van der Waals surface area contributed by atoms with Gasteiger partial charge >= 0.3 is 0 Å². The number of carbonyl (C=O) groups is 2. The predicted octanol–water partition coefficient (Wildman–Crippen LogP) is 3.28. The highest BCUT2D eigenvalue weighted by Crippen LogP contribution is 2.29. The quantitative estimate of drug-likeness (QED) is 0.854. The van der Waals surface area contributed by atoms with Gasteiger partial charge in [0.2, 0.25) is 11.8 Å². The third-order valence-electron chi connectivity index (χ3n) is 5.43. The molecule has 0 aliphatic carbocycles. The number of methoxy groups -OCH3 is 1. The number of benzene rings is 1. The van der Waals surface area contributed by atoms with Crippen molar-refractivity contribution in [3.8, 4) is 5.75 Å². The van der Waals surface area contributed by atoms with Crippen LogP contribution in [0.25, 0.3) is 0 Å². The first-order valence-corrected chi connectivity index (χ1v) is 9.57. The van der Waals surface area contributed by atoms with Crippen molar-refractivity contribution < 1.29 is 18.8 Å². The van der Waals surface area contributed by atoms with Gasteiger partial charge in [-0.25, -0.2) is 0 Å². The highest BCUT2D eigenvalue weighted by atomic mass is 16.5. The van der Waals surface area contributed by atoms with Crippen molar-refractivity contribution in [2.75, 3.05) is 25.5 Å². The highest BCUT2D eigenvalue weighted by Gasteiger charge is 2.32. The Labute approximate surface area is 165 Å². The second-order valence-corrected chi connectivity index (χ2v) is 7.25. The molecule has 150 valence electrons. The largest absolute Gasteiger partial charge is 0.495 e. The van der Waals surface area contributed by atoms with E-state index in [9.17, 15) is 9.59 Å². The molecule has 1 aliphatic heterocycles. The van der Waals surface area contributed by atoms with E-state index in [1.54, 1.807) is 7.11 Å². The summed E-state index contributed by atoms with van der Waals surface area (Å²) in [5, 5.41) is 6.89. The van der Waals surface area contributed by atoms with Crippen molar-refractivity contribution >= 4 is 17.5 Å². The van der Waals surface area contributed by atoms with Crippen LogP contribution < -0.4 is 10.1 Å². The molecule has 2 heterocycles. The van der Waals surface area contributed by atoms with E-state index in [1.807, 2.05) is 49.9 Å². The van der Waals surface area contributed by atoms with E-state index in [0.29, 0.717) is 43.1 Å². The normalized spacial score (nSPS) is 15.9. The van der Waals surface area contributed by atoms with Gasteiger partial charge in [0.05, 0.1) is 24.4 Å². The van der Waals surface area contributed by atoms with Crippen molar-refractivity contribution in [1.82, 2.24) is 10.1 Å². The van der Waals surface area contributed by atoms with E-state index in [0.717, 1.165) is 11.3 Å². The van der Waals surface area contributed by atoms with Gasteiger partial charge in [0.25, 0.3) is 0 Å². The minimum Gasteiger partial charge on any atom is -0.495 e. The van der Waals surface area contributed by atoms with Crippen LogP contribution in [0.1, 0.15) is 42.7 Å². The average molecular weight is 385 g/mol. The molecule has 0 spiro atoms. The summed E-state index contributed by atoms with van der Waals surface area (Å²) in [6.45, 7) is 6.69. The van der Waals surface area contributed by atoms with E-state index in [1.165, 1.54) is 0 Å². The van der Waals surface area contributed by atoms with Crippen LogP contribution in [0.2, 0.25) is 0 Å². The van der Waals surface area contributed by atoms with Gasteiger partial charge in [-0.05, 0) is 45.7 Å². The molecule has 1 fully saturated rings. The monoisotopic (exact) mass is 385 g/mol. The fraction of sp³-hybridized carbons (Fsp3) is 0.476. The summed E-state index contributed by atoms with van der Waals surface area (Å²) in [6.07, 6.45) is 1.28. The molecule has 1 saturated heterocycles. The van der Waals surface area contributed by atoms with Crippen LogP contribution >= 0.6 is 0 Å². The number of likely N-dealkylation sites (tertiary alicyclic amines) is 1. The number of aromatic nitrogens is 1. The van der Waals surface area contributed by atoms with E-state index in [-0.39, 0.29) is 23.7 Å². The Morgan fingerprint density at radius 1 is 1.25 bits per heavy atom. The molecule has 7 heteroatoms. The van der Waals surface area contributed by atoms with E-state index in [2.05, 4.69) is 10.5 Å². The number of piperidine rings is 1. The first-order valence-electron chi connectivity index (χ1n) is 9.57. The number of aryl methyl sites for hydroxylation is 2. The Kier molecular flexibility index (Phi) is 6.02. The molecule has 7 nitrogen and oxygen atoms in total. The topological polar surface area (TPSA) is 84.7 Å². The molecular formula is C21H27N3O4. The molecule has 1 atom stereocenters. The van der Waals surface area contributed by atoms with Crippen molar-refractivity contribution in [2.24, 2.45) is 5.92 Å². The number of carbonyl (C=O) groups excluding carboxylic acids is 2. The summed E-state index contributed by atoms with van der Waals surface area (Å²) in [7, 11) is 1.58. The first-order chi connectivity index (χ1) is 13.4. The second kappa shape index (κ2) is 8.46. The van der Waals surface area contributed by atoms with Gasteiger partial charge in [-0.2, -0.15) is 0 Å². The van der Waals surface area contributed by atoms with Gasteiger partial charge in [0.15, 0.2) is 0 Å². The van der Waals surface area contributed by atoms with Crippen molar-refractivity contribution in [1.29, 1.82) is 0 Å². The minimum absolute atomic E-state index is 0.0321. The maximum absolute atomic E-state index is 12.9. The lowest BCUT2D eigenvalue weighted by Gasteiger charge is -2.33. The molecule has 1 aliphatic rings. The third kappa shape index (κ3) is 4.03. The van der Waals surface area contributed by atoms with Crippen molar-refractivity contribution in [3.05, 3.63) is 41.3 Å². The number of ether oxygens (including phenoxy) is 1. The van der Waals surface area contributed by atoms with Crippen LogP contribution in [0.5, 0.6) is 5.75 Å². The minimum atomic E-state index is -0.301. The number of nitrogens with one attached hydrogen (secondary N) is 1. The number of amides is 2. The standard InChI is InChI=1S/C21H27N3O4/c1-13(19-14(2)23-28-15(19)3)21(26)24-11-9-16(10-12-24)20(25)22-17-7-5-6-8-18(17)27-4/h5-8,13,16H,9-12H2,1-4H3,(H,22,25). The molecule has 28 heavy (non-hydrogen) atoms. The molecule has 0 saturated carbocycles. The van der Waals surface area contributed by atoms with Gasteiger partial charge in [-0.1, -0.05) is 17.3 Å². The predicted molar refractivity (Wildman–Crippen MR) is 105 cm³/mol. The average Bonchev–Trinajstić information content (AvgIpc) is 3.05. The number of rotatable bonds is 5. The Balaban J connectivity index is 1.58. The third-order valence-corrected chi connectivity index (χ3v) is 5.43. The van der Waals surface area contributed by atoms with E-state index >= 15 is 0 Å². The number of para-hydroxylation sites is 2. The van der Waals surface area contributed by atoms with Gasteiger partial charge in [-0.3, -0.25) is 9.59 Å². The number of hydrogen-bond donors (Lipinski definition) is 1. The summed E-state index contributed by atoms with van der Waals surface area (Å²) in [5.41, 5.74) is 2.28. The Hall–Kier alpha value is -2.83. The van der Waals surface area contributed by atoms with Gasteiger partial charge in [0, 0.05) is 24.6 Å². The van der Waals surface area contributed by atoms with E-state index < -0.39 is 0 Å². The van der Waals surface area contributed by atoms with Crippen LogP contribution in [0.3, 0.4) is 0 Å². The Morgan fingerprint density at radius 2 is 1.93 bits per heavy atom. The van der Waals surface area contributed by atoms with E-state index in [4.69, 9.17) is 9.26 Å². The fourth-order valence-corrected chi connectivity index (χ4v) is 3.85. The lowest BCUT2D eigenvalue weighted by molar-refractivity contribution is -0.135. The molecule has 2 amide bonds. The van der Waals surface area contributed by atoms with Gasteiger partial charge < -0.3 is 19.5 Å². The lowest BCUT2D eigenvalue weighted by atomic mass is 9.93. The Bertz CT molecular complexity index is 834. The number of hydrogen-bond acceptors (Lipinski definition) is 5. The Morgan fingerprint density at radius 3 is 2.54 bits per heavy atom. The highest BCUT2D eigenvalue weighted by molar-refractivity contribution is 5.94. The van der Waals surface area contributed by atoms with Crippen LogP contribution in [-0.4, -0.2) is 42.1 Å². The fourth-order valence-electron chi connectivity index (χ4n) is 3.85. The summed E-state index contributed by atoms with van der Waals surface area (Å²) >= 11 is 0. The van der Waals surface area contributed by atoms with Crippen molar-refractivity contribution in [2.45, 2.75) is 39.5 Å². The van der Waals surface area contributed by atoms with Crippen LogP contribution in [0.4, 0.5) is 5.69 Å². The zero-order valence-electron chi connectivity index (χ0n) is 16.8. The molecule has 3 rings (SSSR count). The molecule has 2 aromatic rings. The van der Waals surface area contributed by atoms with Crippen LogP contribution in [-0.2, 0) is 9.59 Å². The maximum atomic E-state index is 12.9. The summed E-state index contributed by atoms with van der Waals surface area (Å²) in [4.78, 5) is 27.4. The van der Waals surface area contributed by atoms with Gasteiger partial charge in [-0.15, -0.1) is 0 Å². The molecule has 0 radical (unpaired) electrons. The molecular weight excluding hydrogens is 358 g/mol. The number of nitrogens with zero attached hydrogens (tertiary/aromatic N) is 2. The smallest absolute Gasteiger partial charge is 0.230 e. The van der Waals surface area contributed by atoms with Crippen molar-refractivity contribution in [3.63, 3.8) is 0 Å². The molecule has 1 unspecified atom stereocenters. The SMILES string of the molecule is COc1ccccc1NC(=O)C1CCN(C(=O)C(C)c2c(C)noc2C)CC1. The first kappa shape index (κ1) is 19.9. The molecule has 1 N–H and O–H groups in total. The summed E-state index contributed by atoms with van der Waals surface area (Å²) < 4.78 is 10.5. The van der Waals surface area contributed by atoms with Crippen LogP contribution in [0, 0.1) is 19.8 Å². The summed E-state index contributed by atoms with van der Waals surface area (Å²) in [6, 6.07) is 7.35. The zero-order valence-corrected chi connectivity index (χ0v) is 16.8. The molecule has 0 bridgehead atoms. The maximum Gasteiger partial charge on any atom is 0.230 e. The second-order valence-electron chi connectivity index (χ2n) is 7.25. The number of anilines is 1.